The van der Waals surface area contributed by atoms with Crippen LogP contribution in [0.25, 0.3) is 21.5 Å². The largest absolute Gasteiger partial charge is 0.411 e. The minimum absolute atomic E-state index is 0.198. The Morgan fingerprint density at radius 1 is 0.484 bits per heavy atom. The standard InChI is InChI=1S/C23H16F6N2/c24-22(25,26)21(23(27,28)29,19-15-7-3-1-5-13(15)9-11-17(19)30)20-16-8-4-2-6-14(16)10-12-18(20)31/h1-12H,30-31H2. The number of rotatable bonds is 2. The summed E-state index contributed by atoms with van der Waals surface area (Å²) >= 11 is 0. The smallest absolute Gasteiger partial charge is 0.398 e. The van der Waals surface area contributed by atoms with Crippen molar-refractivity contribution in [1.82, 2.24) is 0 Å². The highest BCUT2D eigenvalue weighted by Gasteiger charge is 2.74. The van der Waals surface area contributed by atoms with Crippen LogP contribution in [0.3, 0.4) is 0 Å². The fourth-order valence-electron chi connectivity index (χ4n) is 4.27. The summed E-state index contributed by atoms with van der Waals surface area (Å²) in [4.78, 5) is 0. The summed E-state index contributed by atoms with van der Waals surface area (Å²) in [6.45, 7) is 0. The van der Waals surface area contributed by atoms with Gasteiger partial charge in [0.15, 0.2) is 0 Å². The average molecular weight is 434 g/mol. The summed E-state index contributed by atoms with van der Waals surface area (Å²) in [5.41, 5.74) is 3.87. The summed E-state index contributed by atoms with van der Waals surface area (Å²) < 4.78 is 89.0. The van der Waals surface area contributed by atoms with Gasteiger partial charge in [-0.25, -0.2) is 0 Å². The van der Waals surface area contributed by atoms with E-state index in [0.717, 1.165) is 12.1 Å². The minimum atomic E-state index is -5.80. The molecular weight excluding hydrogens is 418 g/mol. The topological polar surface area (TPSA) is 52.0 Å². The Morgan fingerprint density at radius 2 is 0.839 bits per heavy atom. The van der Waals surface area contributed by atoms with Crippen LogP contribution in [0.1, 0.15) is 11.1 Å². The second kappa shape index (κ2) is 6.80. The fourth-order valence-corrected chi connectivity index (χ4v) is 4.27. The number of nitrogen functional groups attached to an aromatic ring is 2. The summed E-state index contributed by atoms with van der Waals surface area (Å²) in [5.74, 6) is 0. The number of nitrogens with two attached hydrogens (primary N) is 2. The van der Waals surface area contributed by atoms with Crippen LogP contribution >= 0.6 is 0 Å². The third kappa shape index (κ3) is 2.89. The molecule has 160 valence electrons. The normalized spacial score (nSPS) is 13.1. The third-order valence-corrected chi connectivity index (χ3v) is 5.52. The molecule has 0 aromatic heterocycles. The van der Waals surface area contributed by atoms with Gasteiger partial charge < -0.3 is 11.5 Å². The van der Waals surface area contributed by atoms with Crippen molar-refractivity contribution in [3.8, 4) is 0 Å². The molecule has 0 spiro atoms. The molecule has 0 aliphatic carbocycles. The van der Waals surface area contributed by atoms with Gasteiger partial charge in [0.25, 0.3) is 0 Å². The van der Waals surface area contributed by atoms with Gasteiger partial charge in [-0.05, 0) is 33.7 Å². The van der Waals surface area contributed by atoms with Gasteiger partial charge in [0.2, 0.25) is 5.41 Å². The van der Waals surface area contributed by atoms with Crippen molar-refractivity contribution in [2.45, 2.75) is 17.8 Å². The SMILES string of the molecule is Nc1ccc2ccccc2c1C(c1c(N)ccc2ccccc12)(C(F)(F)F)C(F)(F)F. The van der Waals surface area contributed by atoms with Crippen LogP contribution in [0.4, 0.5) is 37.7 Å². The molecule has 4 rings (SSSR count). The summed E-state index contributed by atoms with van der Waals surface area (Å²) in [5, 5.41) is -0.0965. The Labute approximate surface area is 173 Å². The van der Waals surface area contributed by atoms with Gasteiger partial charge in [-0.1, -0.05) is 60.7 Å². The molecule has 2 nitrogen and oxygen atoms in total. The number of alkyl halides is 6. The van der Waals surface area contributed by atoms with Crippen molar-refractivity contribution in [2.75, 3.05) is 11.5 Å². The lowest BCUT2D eigenvalue weighted by Gasteiger charge is -2.40. The summed E-state index contributed by atoms with van der Waals surface area (Å²) in [6.07, 6.45) is -11.6. The molecule has 0 saturated heterocycles. The van der Waals surface area contributed by atoms with Gasteiger partial charge >= 0.3 is 12.4 Å². The molecule has 0 aliphatic rings. The molecule has 31 heavy (non-hydrogen) atoms. The second-order valence-corrected chi connectivity index (χ2v) is 7.25. The highest BCUT2D eigenvalue weighted by atomic mass is 19.4. The Kier molecular flexibility index (Phi) is 4.57. The molecule has 8 heteroatoms. The van der Waals surface area contributed by atoms with Crippen LogP contribution in [0.15, 0.2) is 72.8 Å². The van der Waals surface area contributed by atoms with Gasteiger partial charge in [0.1, 0.15) is 0 Å². The quantitative estimate of drug-likeness (QED) is 0.277. The molecule has 0 radical (unpaired) electrons. The molecule has 0 amide bonds. The maximum atomic E-state index is 14.8. The first-order valence-corrected chi connectivity index (χ1v) is 9.19. The molecule has 0 heterocycles. The van der Waals surface area contributed by atoms with Crippen LogP contribution in [-0.2, 0) is 5.41 Å². The lowest BCUT2D eigenvalue weighted by atomic mass is 9.68. The summed E-state index contributed by atoms with van der Waals surface area (Å²) in [7, 11) is 0. The molecule has 4 aromatic rings. The highest BCUT2D eigenvalue weighted by molar-refractivity contribution is 5.97. The maximum absolute atomic E-state index is 14.8. The molecule has 4 aromatic carbocycles. The lowest BCUT2D eigenvalue weighted by Crippen LogP contribution is -2.55. The molecular formula is C23H16F6N2. The molecule has 0 aliphatic heterocycles. The van der Waals surface area contributed by atoms with Gasteiger partial charge in [0.05, 0.1) is 0 Å². The van der Waals surface area contributed by atoms with E-state index in [1.54, 1.807) is 0 Å². The number of hydrogen-bond donors (Lipinski definition) is 2. The Bertz CT molecular complexity index is 1190. The molecule has 0 atom stereocenters. The van der Waals surface area contributed by atoms with Crippen LogP contribution in [-0.4, -0.2) is 12.4 Å². The molecule has 4 N–H and O–H groups in total. The van der Waals surface area contributed by atoms with Crippen molar-refractivity contribution in [2.24, 2.45) is 0 Å². The van der Waals surface area contributed by atoms with Crippen LogP contribution < -0.4 is 11.5 Å². The highest BCUT2D eigenvalue weighted by Crippen LogP contribution is 2.61. The zero-order valence-corrected chi connectivity index (χ0v) is 15.9. The number of halogens is 6. The van der Waals surface area contributed by atoms with Crippen molar-refractivity contribution in [1.29, 1.82) is 0 Å². The lowest BCUT2D eigenvalue weighted by molar-refractivity contribution is -0.287. The van der Waals surface area contributed by atoms with E-state index in [2.05, 4.69) is 0 Å². The zero-order valence-electron chi connectivity index (χ0n) is 15.9. The Balaban J connectivity index is 2.35. The van der Waals surface area contributed by atoms with Gasteiger partial charge in [0, 0.05) is 22.5 Å². The van der Waals surface area contributed by atoms with Crippen LogP contribution in [0.5, 0.6) is 0 Å². The molecule has 0 fully saturated rings. The minimum Gasteiger partial charge on any atom is -0.398 e. The van der Waals surface area contributed by atoms with Crippen molar-refractivity contribution in [3.05, 3.63) is 83.9 Å². The Morgan fingerprint density at radius 3 is 1.19 bits per heavy atom. The first-order valence-electron chi connectivity index (χ1n) is 9.19. The van der Waals surface area contributed by atoms with Crippen LogP contribution in [0.2, 0.25) is 0 Å². The van der Waals surface area contributed by atoms with E-state index in [4.69, 9.17) is 11.5 Å². The first-order chi connectivity index (χ1) is 14.5. The molecule has 0 saturated carbocycles. The van der Waals surface area contributed by atoms with E-state index < -0.39 is 40.3 Å². The second-order valence-electron chi connectivity index (χ2n) is 7.25. The predicted octanol–water partition coefficient (Wildman–Crippen LogP) is 6.57. The van der Waals surface area contributed by atoms with E-state index in [0.29, 0.717) is 0 Å². The van der Waals surface area contributed by atoms with Crippen molar-refractivity contribution in [3.63, 3.8) is 0 Å². The number of benzene rings is 4. The van der Waals surface area contributed by atoms with E-state index in [1.165, 1.54) is 60.7 Å². The first kappa shape index (κ1) is 20.8. The Hall–Kier alpha value is -3.42. The van der Waals surface area contributed by atoms with Gasteiger partial charge in [-0.2, -0.15) is 26.3 Å². The predicted molar refractivity (Wildman–Crippen MR) is 110 cm³/mol. The van der Waals surface area contributed by atoms with E-state index >= 15 is 0 Å². The molecule has 0 bridgehead atoms. The average Bonchev–Trinajstić information content (AvgIpc) is 2.69. The van der Waals surface area contributed by atoms with Gasteiger partial charge in [-0.3, -0.25) is 0 Å². The number of anilines is 2. The van der Waals surface area contributed by atoms with E-state index in [9.17, 15) is 26.3 Å². The van der Waals surface area contributed by atoms with E-state index in [1.807, 2.05) is 0 Å². The number of fused-ring (bicyclic) bond motifs is 2. The monoisotopic (exact) mass is 434 g/mol. The zero-order chi connectivity index (χ0) is 22.6. The molecule has 0 unspecified atom stereocenters. The number of hydrogen-bond acceptors (Lipinski definition) is 2. The maximum Gasteiger partial charge on any atom is 0.411 e. The van der Waals surface area contributed by atoms with Crippen LogP contribution in [0, 0.1) is 0 Å². The van der Waals surface area contributed by atoms with Crippen molar-refractivity contribution >= 4 is 32.9 Å². The van der Waals surface area contributed by atoms with E-state index in [-0.39, 0.29) is 21.5 Å². The fraction of sp³-hybridized carbons (Fsp3) is 0.130. The van der Waals surface area contributed by atoms with Crippen molar-refractivity contribution < 1.29 is 26.3 Å². The summed E-state index contributed by atoms with van der Waals surface area (Å²) in [6, 6.07) is 16.0. The third-order valence-electron chi connectivity index (χ3n) is 5.52. The van der Waals surface area contributed by atoms with Gasteiger partial charge in [-0.15, -0.1) is 0 Å².